The van der Waals surface area contributed by atoms with Gasteiger partial charge in [0.1, 0.15) is 6.10 Å². The first-order valence-corrected chi connectivity index (χ1v) is 8.11. The van der Waals surface area contributed by atoms with Gasteiger partial charge < -0.3 is 14.7 Å². The van der Waals surface area contributed by atoms with Gasteiger partial charge in [-0.3, -0.25) is 4.79 Å². The van der Waals surface area contributed by atoms with E-state index in [4.69, 9.17) is 4.74 Å². The van der Waals surface area contributed by atoms with Crippen LogP contribution >= 0.6 is 0 Å². The van der Waals surface area contributed by atoms with Crippen LogP contribution in [0.4, 0.5) is 0 Å². The van der Waals surface area contributed by atoms with Crippen LogP contribution in [0.3, 0.4) is 0 Å². The molecule has 20 heavy (non-hydrogen) atoms. The van der Waals surface area contributed by atoms with E-state index in [0.29, 0.717) is 18.1 Å². The van der Waals surface area contributed by atoms with E-state index >= 15 is 0 Å². The molecule has 5 unspecified atom stereocenters. The zero-order valence-electron chi connectivity index (χ0n) is 12.3. The lowest BCUT2D eigenvalue weighted by atomic mass is 9.83. The van der Waals surface area contributed by atoms with Crippen LogP contribution in [0.1, 0.15) is 39.0 Å². The van der Waals surface area contributed by atoms with Crippen molar-refractivity contribution in [3.63, 3.8) is 0 Å². The van der Waals surface area contributed by atoms with Gasteiger partial charge in [0, 0.05) is 12.3 Å². The smallest absolute Gasteiger partial charge is 0.203 e. The number of nitrogens with one attached hydrogen (secondary N) is 1. The van der Waals surface area contributed by atoms with Crippen molar-refractivity contribution in [2.75, 3.05) is 19.6 Å². The average Bonchev–Trinajstić information content (AvgIpc) is 2.75. The molecule has 2 saturated heterocycles. The van der Waals surface area contributed by atoms with E-state index in [1.54, 1.807) is 4.90 Å². The highest BCUT2D eigenvalue weighted by Crippen LogP contribution is 2.37. The fourth-order valence-corrected chi connectivity index (χ4v) is 3.93. The van der Waals surface area contributed by atoms with E-state index in [0.717, 1.165) is 25.9 Å². The molecule has 2 heterocycles. The molecule has 0 spiro atoms. The summed E-state index contributed by atoms with van der Waals surface area (Å²) in [7, 11) is 0. The number of aliphatic hydroxyl groups excluding tert-OH is 1. The zero-order valence-corrected chi connectivity index (χ0v) is 12.3. The molecule has 2 aliphatic heterocycles. The number of carbonyl (C=O) groups is 1. The van der Waals surface area contributed by atoms with E-state index in [1.165, 1.54) is 19.4 Å². The molecule has 1 aliphatic carbocycles. The summed E-state index contributed by atoms with van der Waals surface area (Å²) in [6.45, 7) is 5.75. The molecule has 5 atom stereocenters. The SMILES string of the molecule is CC[NH+]1CCCC(C=C2OC3CC(O)CCC3C2=O)C1. The summed E-state index contributed by atoms with van der Waals surface area (Å²) in [4.78, 5) is 14.0. The molecule has 0 aromatic rings. The van der Waals surface area contributed by atoms with Gasteiger partial charge in [-0.1, -0.05) is 0 Å². The molecular formula is C16H26NO3+. The van der Waals surface area contributed by atoms with Crippen LogP contribution in [-0.2, 0) is 9.53 Å². The zero-order chi connectivity index (χ0) is 14.1. The number of hydrogen-bond acceptors (Lipinski definition) is 3. The largest absolute Gasteiger partial charge is 0.486 e. The van der Waals surface area contributed by atoms with Crippen LogP contribution in [0.5, 0.6) is 0 Å². The van der Waals surface area contributed by atoms with Crippen LogP contribution in [0.25, 0.3) is 0 Å². The molecule has 0 bridgehead atoms. The van der Waals surface area contributed by atoms with Gasteiger partial charge in [-0.05, 0) is 38.7 Å². The summed E-state index contributed by atoms with van der Waals surface area (Å²) in [6.07, 6.45) is 6.25. The standard InChI is InChI=1S/C16H25NO3/c1-2-17-7-3-4-11(10-17)8-15-16(19)13-6-5-12(18)9-14(13)20-15/h8,11-14,18H,2-7,9-10H2,1H3/p+1. The first-order chi connectivity index (χ1) is 9.67. The molecule has 0 amide bonds. The fraction of sp³-hybridized carbons (Fsp3) is 0.812. The summed E-state index contributed by atoms with van der Waals surface area (Å²) in [6, 6.07) is 0. The van der Waals surface area contributed by atoms with E-state index in [2.05, 4.69) is 13.0 Å². The second kappa shape index (κ2) is 5.86. The number of ketones is 1. The number of fused-ring (bicyclic) bond motifs is 1. The minimum atomic E-state index is -0.293. The first-order valence-electron chi connectivity index (χ1n) is 8.11. The van der Waals surface area contributed by atoms with Gasteiger partial charge in [-0.25, -0.2) is 0 Å². The van der Waals surface area contributed by atoms with Gasteiger partial charge in [0.25, 0.3) is 0 Å². The van der Waals surface area contributed by atoms with Crippen LogP contribution in [0.2, 0.25) is 0 Å². The predicted molar refractivity (Wildman–Crippen MR) is 75.3 cm³/mol. The lowest BCUT2D eigenvalue weighted by molar-refractivity contribution is -0.906. The lowest BCUT2D eigenvalue weighted by Crippen LogP contribution is -3.13. The van der Waals surface area contributed by atoms with Gasteiger partial charge in [0.05, 0.1) is 31.7 Å². The molecule has 3 fully saturated rings. The Labute approximate surface area is 120 Å². The van der Waals surface area contributed by atoms with E-state index in [9.17, 15) is 9.90 Å². The number of Topliss-reactive ketones (excluding diaryl/α,β-unsaturated/α-hetero) is 1. The molecule has 112 valence electrons. The second-order valence-electron chi connectivity index (χ2n) is 6.58. The molecule has 4 nitrogen and oxygen atoms in total. The number of rotatable bonds is 2. The molecule has 0 aromatic heterocycles. The molecule has 0 aromatic carbocycles. The molecule has 4 heteroatoms. The van der Waals surface area contributed by atoms with Crippen LogP contribution in [0, 0.1) is 11.8 Å². The maximum absolute atomic E-state index is 12.4. The third kappa shape index (κ3) is 2.77. The molecular weight excluding hydrogens is 254 g/mol. The number of likely N-dealkylation sites (tertiary alicyclic amines) is 1. The predicted octanol–water partition coefficient (Wildman–Crippen LogP) is 0.314. The summed E-state index contributed by atoms with van der Waals surface area (Å²) < 4.78 is 5.86. The molecule has 2 N–H and O–H groups in total. The van der Waals surface area contributed by atoms with Crippen LogP contribution in [-0.4, -0.2) is 42.7 Å². The summed E-state index contributed by atoms with van der Waals surface area (Å²) in [5.74, 6) is 1.26. The number of quaternary nitrogens is 1. The number of hydrogen-bond donors (Lipinski definition) is 2. The third-order valence-electron chi connectivity index (χ3n) is 5.17. The summed E-state index contributed by atoms with van der Waals surface area (Å²) in [5, 5.41) is 9.70. The van der Waals surface area contributed by atoms with Gasteiger partial charge >= 0.3 is 0 Å². The Bertz CT molecular complexity index is 407. The number of allylic oxidation sites excluding steroid dienone is 1. The second-order valence-corrected chi connectivity index (χ2v) is 6.58. The minimum Gasteiger partial charge on any atom is -0.486 e. The minimum absolute atomic E-state index is 0.00265. The molecule has 1 saturated carbocycles. The quantitative estimate of drug-likeness (QED) is 0.716. The highest BCUT2D eigenvalue weighted by Gasteiger charge is 2.44. The fourth-order valence-electron chi connectivity index (χ4n) is 3.93. The normalized spacial score (nSPS) is 43.4. The Kier molecular flexibility index (Phi) is 4.13. The Hall–Kier alpha value is -0.870. The van der Waals surface area contributed by atoms with Crippen LogP contribution < -0.4 is 4.90 Å². The maximum Gasteiger partial charge on any atom is 0.203 e. The van der Waals surface area contributed by atoms with Crippen LogP contribution in [0.15, 0.2) is 11.8 Å². The Morgan fingerprint density at radius 1 is 1.40 bits per heavy atom. The van der Waals surface area contributed by atoms with E-state index in [-0.39, 0.29) is 23.9 Å². The lowest BCUT2D eigenvalue weighted by Gasteiger charge is -2.27. The number of carbonyl (C=O) groups excluding carboxylic acids is 1. The number of piperidine rings is 1. The Balaban J connectivity index is 1.68. The van der Waals surface area contributed by atoms with Gasteiger partial charge in [-0.2, -0.15) is 0 Å². The van der Waals surface area contributed by atoms with Gasteiger partial charge in [-0.15, -0.1) is 0 Å². The Morgan fingerprint density at radius 2 is 2.25 bits per heavy atom. The van der Waals surface area contributed by atoms with Crippen molar-refractivity contribution < 1.29 is 19.5 Å². The molecule has 3 rings (SSSR count). The van der Waals surface area contributed by atoms with Crippen molar-refractivity contribution in [3.8, 4) is 0 Å². The van der Waals surface area contributed by atoms with Gasteiger partial charge in [0.15, 0.2) is 5.76 Å². The van der Waals surface area contributed by atoms with Crippen molar-refractivity contribution in [3.05, 3.63) is 11.8 Å². The summed E-state index contributed by atoms with van der Waals surface area (Å²) in [5.41, 5.74) is 0. The van der Waals surface area contributed by atoms with Crippen molar-refractivity contribution >= 4 is 5.78 Å². The van der Waals surface area contributed by atoms with Crippen molar-refractivity contribution in [2.24, 2.45) is 11.8 Å². The molecule has 3 aliphatic rings. The van der Waals surface area contributed by atoms with Crippen molar-refractivity contribution in [2.45, 2.75) is 51.2 Å². The monoisotopic (exact) mass is 280 g/mol. The number of aliphatic hydroxyl groups is 1. The Morgan fingerprint density at radius 3 is 3.05 bits per heavy atom. The third-order valence-corrected chi connectivity index (χ3v) is 5.17. The highest BCUT2D eigenvalue weighted by molar-refractivity contribution is 5.97. The summed E-state index contributed by atoms with van der Waals surface area (Å²) >= 11 is 0. The van der Waals surface area contributed by atoms with E-state index < -0.39 is 0 Å². The number of ether oxygens (including phenoxy) is 1. The highest BCUT2D eigenvalue weighted by atomic mass is 16.5. The molecule has 0 radical (unpaired) electrons. The maximum atomic E-state index is 12.4. The first kappa shape index (κ1) is 14.1. The van der Waals surface area contributed by atoms with E-state index in [1.807, 2.05) is 0 Å². The van der Waals surface area contributed by atoms with Gasteiger partial charge in [0.2, 0.25) is 5.78 Å². The topological polar surface area (TPSA) is 51.0 Å². The van der Waals surface area contributed by atoms with Crippen molar-refractivity contribution in [1.29, 1.82) is 0 Å². The van der Waals surface area contributed by atoms with Crippen molar-refractivity contribution in [1.82, 2.24) is 0 Å². The average molecular weight is 280 g/mol.